The molecule has 117 valence electrons. The summed E-state index contributed by atoms with van der Waals surface area (Å²) < 4.78 is 5.64. The van der Waals surface area contributed by atoms with Crippen LogP contribution in [0, 0.1) is 0 Å². The van der Waals surface area contributed by atoms with Gasteiger partial charge in [0.15, 0.2) is 0 Å². The molecule has 0 aliphatic rings. The predicted octanol–water partition coefficient (Wildman–Crippen LogP) is 5.44. The van der Waals surface area contributed by atoms with E-state index in [1.807, 2.05) is 18.4 Å². The van der Waals surface area contributed by atoms with Crippen molar-refractivity contribution in [3.8, 4) is 5.75 Å². The van der Waals surface area contributed by atoms with Gasteiger partial charge in [-0.1, -0.05) is 76.8 Å². The van der Waals surface area contributed by atoms with Crippen LogP contribution < -0.4 is 4.74 Å². The van der Waals surface area contributed by atoms with Gasteiger partial charge in [-0.05, 0) is 18.6 Å². The van der Waals surface area contributed by atoms with Crippen LogP contribution in [0.4, 0.5) is 0 Å². The van der Waals surface area contributed by atoms with E-state index in [9.17, 15) is 4.79 Å². The Labute approximate surface area is 129 Å². The van der Waals surface area contributed by atoms with Crippen molar-refractivity contribution in [3.05, 3.63) is 29.8 Å². The molecular weight excluding hydrogens is 260 g/mol. The monoisotopic (exact) mass is 289 g/mol. The summed E-state index contributed by atoms with van der Waals surface area (Å²) >= 11 is 0. The fourth-order valence-corrected chi connectivity index (χ4v) is 2.43. The zero-order valence-corrected chi connectivity index (χ0v) is 13.4. The number of hydrogen-bond donors (Lipinski definition) is 0. The van der Waals surface area contributed by atoms with E-state index in [4.69, 9.17) is 4.74 Å². The summed E-state index contributed by atoms with van der Waals surface area (Å²) in [6, 6.07) is 7.19. The average molecular weight is 289 g/mol. The molecule has 0 atom stereocenters. The molecule has 1 aromatic carbocycles. The lowest BCUT2D eigenvalue weighted by Gasteiger charge is -2.06. The smallest absolute Gasteiger partial charge is 0.233 e. The topological polar surface area (TPSA) is 26.3 Å². The molecule has 0 aromatic heterocycles. The Bertz CT molecular complexity index is 374. The predicted molar refractivity (Wildman–Crippen MR) is 88.6 cm³/mol. The summed E-state index contributed by atoms with van der Waals surface area (Å²) in [4.78, 5) is 10.5. The molecule has 0 aliphatic heterocycles. The van der Waals surface area contributed by atoms with Crippen molar-refractivity contribution < 1.29 is 9.53 Å². The second-order valence-corrected chi connectivity index (χ2v) is 5.66. The molecule has 21 heavy (non-hydrogen) atoms. The maximum atomic E-state index is 10.5. The molecule has 0 saturated carbocycles. The van der Waals surface area contributed by atoms with Gasteiger partial charge in [0.2, 0.25) is 6.29 Å². The Morgan fingerprint density at radius 3 is 2.14 bits per heavy atom. The van der Waals surface area contributed by atoms with Crippen molar-refractivity contribution in [2.75, 3.05) is 6.61 Å². The van der Waals surface area contributed by atoms with Crippen molar-refractivity contribution in [1.82, 2.24) is 0 Å². The Morgan fingerprint density at radius 1 is 0.905 bits per heavy atom. The highest BCUT2D eigenvalue weighted by molar-refractivity contribution is 5.75. The Kier molecular flexibility index (Phi) is 10.5. The molecule has 0 heterocycles. The summed E-state index contributed by atoms with van der Waals surface area (Å²) in [5.41, 5.74) is 0.551. The Balaban J connectivity index is 1.91. The first kappa shape index (κ1) is 17.7. The van der Waals surface area contributed by atoms with Crippen molar-refractivity contribution >= 4 is 6.29 Å². The van der Waals surface area contributed by atoms with Crippen LogP contribution in [0.3, 0.4) is 0 Å². The third-order valence-corrected chi connectivity index (χ3v) is 3.72. The van der Waals surface area contributed by atoms with Crippen LogP contribution in [-0.4, -0.2) is 12.9 Å². The van der Waals surface area contributed by atoms with Crippen molar-refractivity contribution in [1.29, 1.82) is 0 Å². The number of carbonyl (C=O) groups excluding carboxylic acids is 1. The SMILES string of the molecule is CCCCCCCCCCCCOc1cccc([C]=O)c1. The lowest BCUT2D eigenvalue weighted by Crippen LogP contribution is -1.97. The minimum Gasteiger partial charge on any atom is -0.494 e. The number of hydrogen-bond acceptors (Lipinski definition) is 2. The summed E-state index contributed by atoms with van der Waals surface area (Å²) in [5, 5.41) is 0. The van der Waals surface area contributed by atoms with Crippen LogP contribution in [0.25, 0.3) is 0 Å². The van der Waals surface area contributed by atoms with Gasteiger partial charge in [-0.2, -0.15) is 0 Å². The Morgan fingerprint density at radius 2 is 1.52 bits per heavy atom. The molecule has 0 amide bonds. The van der Waals surface area contributed by atoms with Gasteiger partial charge in [0.25, 0.3) is 0 Å². The fourth-order valence-electron chi connectivity index (χ4n) is 2.43. The zero-order chi connectivity index (χ0) is 15.2. The van der Waals surface area contributed by atoms with Crippen LogP contribution in [0.2, 0.25) is 0 Å². The molecule has 0 spiro atoms. The number of unbranched alkanes of at least 4 members (excludes halogenated alkanes) is 9. The normalized spacial score (nSPS) is 10.5. The highest BCUT2D eigenvalue weighted by atomic mass is 16.5. The fraction of sp³-hybridized carbons (Fsp3) is 0.632. The first-order valence-corrected chi connectivity index (χ1v) is 8.48. The van der Waals surface area contributed by atoms with E-state index in [1.165, 1.54) is 57.8 Å². The van der Waals surface area contributed by atoms with Gasteiger partial charge in [0, 0.05) is 5.56 Å². The molecule has 0 fully saturated rings. The first-order chi connectivity index (χ1) is 10.4. The van der Waals surface area contributed by atoms with Crippen molar-refractivity contribution in [2.45, 2.75) is 71.1 Å². The zero-order valence-electron chi connectivity index (χ0n) is 13.4. The molecule has 1 rings (SSSR count). The first-order valence-electron chi connectivity index (χ1n) is 8.48. The van der Waals surface area contributed by atoms with Gasteiger partial charge in [-0.15, -0.1) is 0 Å². The molecule has 1 aromatic rings. The highest BCUT2D eigenvalue weighted by Crippen LogP contribution is 2.14. The van der Waals surface area contributed by atoms with Gasteiger partial charge in [0.1, 0.15) is 5.75 Å². The number of rotatable bonds is 13. The van der Waals surface area contributed by atoms with E-state index in [0.717, 1.165) is 18.8 Å². The largest absolute Gasteiger partial charge is 0.494 e. The molecule has 1 radical (unpaired) electrons. The van der Waals surface area contributed by atoms with Crippen molar-refractivity contribution in [2.24, 2.45) is 0 Å². The number of ether oxygens (including phenoxy) is 1. The standard InChI is InChI=1S/C19H29O2/c1-2-3-4-5-6-7-8-9-10-11-15-21-19-14-12-13-18(16-19)17-20/h12-14,16H,2-11,15H2,1H3. The van der Waals surface area contributed by atoms with Gasteiger partial charge in [-0.25, -0.2) is 0 Å². The van der Waals surface area contributed by atoms with E-state index in [-0.39, 0.29) is 0 Å². The minimum atomic E-state index is 0.551. The van der Waals surface area contributed by atoms with E-state index < -0.39 is 0 Å². The third-order valence-electron chi connectivity index (χ3n) is 3.72. The van der Waals surface area contributed by atoms with Crippen LogP contribution in [0.5, 0.6) is 5.75 Å². The summed E-state index contributed by atoms with van der Waals surface area (Å²) in [5.74, 6) is 0.770. The maximum Gasteiger partial charge on any atom is 0.233 e. The van der Waals surface area contributed by atoms with Gasteiger partial charge < -0.3 is 4.74 Å². The third kappa shape index (κ3) is 9.28. The molecule has 0 N–H and O–H groups in total. The van der Waals surface area contributed by atoms with Crippen LogP contribution >= 0.6 is 0 Å². The lowest BCUT2D eigenvalue weighted by molar-refractivity contribution is 0.304. The second-order valence-electron chi connectivity index (χ2n) is 5.66. The molecule has 0 saturated heterocycles. The Hall–Kier alpha value is -1.31. The van der Waals surface area contributed by atoms with Gasteiger partial charge in [-0.3, -0.25) is 4.79 Å². The van der Waals surface area contributed by atoms with E-state index in [2.05, 4.69) is 6.92 Å². The van der Waals surface area contributed by atoms with E-state index in [0.29, 0.717) is 5.56 Å². The molecule has 0 aliphatic carbocycles. The highest BCUT2D eigenvalue weighted by Gasteiger charge is 1.97. The van der Waals surface area contributed by atoms with Crippen molar-refractivity contribution in [3.63, 3.8) is 0 Å². The summed E-state index contributed by atoms with van der Waals surface area (Å²) in [6.07, 6.45) is 15.1. The summed E-state index contributed by atoms with van der Waals surface area (Å²) in [6.45, 7) is 2.99. The lowest BCUT2D eigenvalue weighted by atomic mass is 10.1. The van der Waals surface area contributed by atoms with E-state index >= 15 is 0 Å². The minimum absolute atomic E-state index is 0.551. The number of benzene rings is 1. The van der Waals surface area contributed by atoms with Gasteiger partial charge in [0.05, 0.1) is 6.61 Å². The quantitative estimate of drug-likeness (QED) is 0.452. The molecule has 0 unspecified atom stereocenters. The second kappa shape index (κ2) is 12.4. The maximum absolute atomic E-state index is 10.5. The van der Waals surface area contributed by atoms with Crippen LogP contribution in [0.15, 0.2) is 24.3 Å². The van der Waals surface area contributed by atoms with Crippen LogP contribution in [-0.2, 0) is 4.79 Å². The van der Waals surface area contributed by atoms with Gasteiger partial charge >= 0.3 is 0 Å². The molecular formula is C19H29O2. The van der Waals surface area contributed by atoms with Crippen LogP contribution in [0.1, 0.15) is 76.7 Å². The molecule has 2 nitrogen and oxygen atoms in total. The average Bonchev–Trinajstić information content (AvgIpc) is 2.53. The molecule has 2 heteroatoms. The van der Waals surface area contributed by atoms with E-state index in [1.54, 1.807) is 12.1 Å². The molecule has 0 bridgehead atoms. The summed E-state index contributed by atoms with van der Waals surface area (Å²) in [7, 11) is 0.